The summed E-state index contributed by atoms with van der Waals surface area (Å²) in [7, 11) is -10.9. The van der Waals surface area contributed by atoms with Crippen molar-refractivity contribution in [3.8, 4) is 0 Å². The summed E-state index contributed by atoms with van der Waals surface area (Å²) in [6.07, 6.45) is 0. The van der Waals surface area contributed by atoms with Crippen LogP contribution in [0.15, 0.2) is 0 Å². The Morgan fingerprint density at radius 2 is 0.571 bits per heavy atom. The molecule has 0 aromatic heterocycles. The summed E-state index contributed by atoms with van der Waals surface area (Å²) in [4.78, 5) is 51.1. The van der Waals surface area contributed by atoms with Crippen LogP contribution in [-0.4, -0.2) is 27.5 Å². The largest absolute Gasteiger partial charge is 3.00 e. The second-order valence-electron chi connectivity index (χ2n) is 0.750. The average Bonchev–Trinajstić information content (AvgIpc) is 1.54. The molecule has 0 unspecified atom stereocenters. The molecular formula is O9Si3TbY. The summed E-state index contributed by atoms with van der Waals surface area (Å²) >= 11 is 0. The fourth-order valence-corrected chi connectivity index (χ4v) is 0. The topological polar surface area (TPSA) is 190 Å². The fraction of sp³-hybridized carbons (Fsp3) is 0. The maximum Gasteiger partial charge on any atom is 3.00 e. The monoisotopic (exact) mass is 476 g/mol. The predicted molar refractivity (Wildman–Crippen MR) is 19.3 cm³/mol. The van der Waals surface area contributed by atoms with Gasteiger partial charge in [-0.1, -0.05) is 0 Å². The van der Waals surface area contributed by atoms with Crippen molar-refractivity contribution in [1.82, 2.24) is 0 Å². The van der Waals surface area contributed by atoms with Crippen molar-refractivity contribution >= 4 is 27.5 Å². The van der Waals surface area contributed by atoms with Gasteiger partial charge >= 0.3 is 71.3 Å². The maximum atomic E-state index is 8.52. The Bertz CT molecular complexity index is 118. The van der Waals surface area contributed by atoms with E-state index in [1.54, 1.807) is 0 Å². The minimum absolute atomic E-state index is 0. The second-order valence-corrected chi connectivity index (χ2v) is 2.25. The van der Waals surface area contributed by atoms with E-state index >= 15 is 0 Å². The van der Waals surface area contributed by atoms with Crippen LogP contribution in [0.2, 0.25) is 0 Å². The smallest absolute Gasteiger partial charge is 0.672 e. The van der Waals surface area contributed by atoms with Gasteiger partial charge in [-0.25, -0.2) is 0 Å². The minimum Gasteiger partial charge on any atom is -0.672 e. The fourth-order valence-electron chi connectivity index (χ4n) is 0. The average molecular weight is 476 g/mol. The summed E-state index contributed by atoms with van der Waals surface area (Å²) < 4.78 is 25.6. The van der Waals surface area contributed by atoms with Crippen molar-refractivity contribution in [2.45, 2.75) is 0 Å². The molecule has 0 aliphatic carbocycles. The molecule has 14 heteroatoms. The van der Waals surface area contributed by atoms with Crippen LogP contribution in [-0.2, 0) is 46.1 Å². The quantitative estimate of drug-likeness (QED) is 0.306. The Morgan fingerprint density at radius 1 is 0.571 bits per heavy atom. The Hall–Kier alpha value is 1.24. The molecule has 0 heterocycles. The van der Waals surface area contributed by atoms with Crippen molar-refractivity contribution in [3.05, 3.63) is 0 Å². The molecule has 14 heavy (non-hydrogen) atoms. The molecule has 0 rings (SSSR count). The second kappa shape index (κ2) is 23.8. The molecule has 0 aliphatic heterocycles. The zero-order valence-corrected chi connectivity index (χ0v) is 14.1. The van der Waals surface area contributed by atoms with Gasteiger partial charge in [-0.15, -0.1) is 0 Å². The van der Waals surface area contributed by atoms with E-state index in [1.165, 1.54) is 0 Å². The van der Waals surface area contributed by atoms with E-state index in [1.807, 2.05) is 0 Å². The van der Waals surface area contributed by atoms with Gasteiger partial charge in [0.15, 0.2) is 0 Å². The summed E-state index contributed by atoms with van der Waals surface area (Å²) in [6, 6.07) is 0. The van der Waals surface area contributed by atoms with Crippen LogP contribution >= 0.6 is 0 Å². The van der Waals surface area contributed by atoms with Gasteiger partial charge in [-0.3, -0.25) is 0 Å². The van der Waals surface area contributed by atoms with Crippen molar-refractivity contribution in [3.63, 3.8) is 0 Å². The van der Waals surface area contributed by atoms with E-state index in [0.29, 0.717) is 0 Å². The maximum absolute atomic E-state index is 8.52. The zero-order chi connectivity index (χ0) is 10.7. The van der Waals surface area contributed by atoms with Crippen LogP contribution in [0.1, 0.15) is 0 Å². The first-order valence-electron chi connectivity index (χ1n) is 1.84. The zero-order valence-electron chi connectivity index (χ0n) is 6.08. The van der Waals surface area contributed by atoms with Crippen molar-refractivity contribution in [1.29, 1.82) is 0 Å². The predicted octanol–water partition coefficient (Wildman–Crippen LogP) is -8.64. The first-order chi connectivity index (χ1) is 5.20. The number of hydrogen-bond acceptors (Lipinski definition) is 9. The Labute approximate surface area is 139 Å². The summed E-state index contributed by atoms with van der Waals surface area (Å²) in [5.41, 5.74) is 0. The minimum atomic E-state index is -3.63. The third-order valence-electron chi connectivity index (χ3n) is 0. The molecule has 0 saturated carbocycles. The molecule has 0 amide bonds. The summed E-state index contributed by atoms with van der Waals surface area (Å²) in [5, 5.41) is 0. The molecule has 0 aromatic rings. The molecule has 0 atom stereocenters. The molecule has 78 valence electrons. The SMILES string of the molecule is O=[Si]([O-])[O-].O=[Si]([O-])[O-].O=[Si]([O-])[O-].[Tb+3].[Y+3]. The number of hydrogen-bond donors (Lipinski definition) is 0. The third kappa shape index (κ3) is 1290. The van der Waals surface area contributed by atoms with Crippen molar-refractivity contribution < 1.29 is 113 Å². The Kier molecular flexibility index (Phi) is 50.1. The molecule has 0 saturated heterocycles. The van der Waals surface area contributed by atoms with E-state index in [2.05, 4.69) is 0 Å². The van der Waals surface area contributed by atoms with E-state index in [-0.39, 0.29) is 71.3 Å². The van der Waals surface area contributed by atoms with Gasteiger partial charge in [0.1, 0.15) is 0 Å². The van der Waals surface area contributed by atoms with Crippen LogP contribution in [0.4, 0.5) is 0 Å². The van der Waals surface area contributed by atoms with Crippen LogP contribution in [0.3, 0.4) is 0 Å². The van der Waals surface area contributed by atoms with Crippen molar-refractivity contribution in [2.24, 2.45) is 0 Å². The molecule has 0 aromatic carbocycles. The van der Waals surface area contributed by atoms with Gasteiger partial charge in [0.05, 0.1) is 0 Å². The standard InChI is InChI=1S/3O3Si.Tb.Y/c3*1-4(2)3;;/q3*-2;2*+3. The van der Waals surface area contributed by atoms with Crippen LogP contribution in [0.25, 0.3) is 0 Å². The first-order valence-corrected chi connectivity index (χ1v) is 5.51. The summed E-state index contributed by atoms with van der Waals surface area (Å²) in [6.45, 7) is 0. The van der Waals surface area contributed by atoms with Crippen LogP contribution in [0, 0.1) is 38.6 Å². The van der Waals surface area contributed by atoms with Crippen LogP contribution < -0.4 is 28.8 Å². The van der Waals surface area contributed by atoms with Gasteiger partial charge < -0.3 is 42.2 Å². The summed E-state index contributed by atoms with van der Waals surface area (Å²) in [5.74, 6) is 0. The van der Waals surface area contributed by atoms with Crippen LogP contribution in [0.5, 0.6) is 0 Å². The molecule has 0 radical (unpaired) electrons. The molecule has 0 fully saturated rings. The number of rotatable bonds is 0. The molecule has 0 aliphatic rings. The van der Waals surface area contributed by atoms with Gasteiger partial charge in [-0.2, -0.15) is 0 Å². The molecular weight excluding hydrogens is 476 g/mol. The van der Waals surface area contributed by atoms with E-state index < -0.39 is 27.5 Å². The Morgan fingerprint density at radius 3 is 0.571 bits per heavy atom. The molecule has 0 N–H and O–H groups in total. The molecule has 9 nitrogen and oxygen atoms in total. The van der Waals surface area contributed by atoms with Gasteiger partial charge in [0.2, 0.25) is 0 Å². The van der Waals surface area contributed by atoms with E-state index in [0.717, 1.165) is 0 Å². The van der Waals surface area contributed by atoms with E-state index in [4.69, 9.17) is 42.2 Å². The first kappa shape index (κ1) is 29.5. The van der Waals surface area contributed by atoms with Gasteiger partial charge in [0.25, 0.3) is 0 Å². The molecule has 0 bridgehead atoms. The van der Waals surface area contributed by atoms with Gasteiger partial charge in [-0.05, 0) is 0 Å². The normalized spacial score (nSPS) is 5.14. The third-order valence-corrected chi connectivity index (χ3v) is 0. The van der Waals surface area contributed by atoms with Crippen molar-refractivity contribution in [2.75, 3.05) is 0 Å². The molecule has 0 spiro atoms. The van der Waals surface area contributed by atoms with E-state index in [9.17, 15) is 0 Å². The Balaban J connectivity index is -0.0000000270. The van der Waals surface area contributed by atoms with Gasteiger partial charge in [0, 0.05) is 27.5 Å².